The van der Waals surface area contributed by atoms with Crippen LogP contribution < -0.4 is 20.7 Å². The molecule has 1 saturated heterocycles. The molecule has 5 rings (SSSR count). The molecule has 15 heteroatoms. The molecule has 3 aliphatic rings. The number of hydrogen-bond donors (Lipinski definition) is 5. The van der Waals surface area contributed by atoms with E-state index in [0.29, 0.717) is 44.3 Å². The van der Waals surface area contributed by atoms with Crippen LogP contribution in [0, 0.1) is 24.7 Å². The molecule has 0 spiro atoms. The second-order valence-electron chi connectivity index (χ2n) is 12.8. The summed E-state index contributed by atoms with van der Waals surface area (Å²) >= 11 is 0. The molecule has 2 aromatic rings. The Morgan fingerprint density at radius 3 is 1.98 bits per heavy atom. The average molecular weight is 715 g/mol. The molecular weight excluding hydrogens is 680 g/mol. The maximum Gasteiger partial charge on any atom is 4.00 e. The molecule has 3 atom stereocenters. The Hall–Kier alpha value is -5.01. The Bertz CT molecular complexity index is 2000. The first kappa shape index (κ1) is 36.8. The van der Waals surface area contributed by atoms with Crippen molar-refractivity contribution in [2.75, 3.05) is 0 Å². The van der Waals surface area contributed by atoms with E-state index in [9.17, 15) is 49.5 Å². The molecule has 5 N–H and O–H groups in total. The minimum absolute atomic E-state index is 0. The largest absolute Gasteiger partial charge is 4.00 e. The molecule has 49 heavy (non-hydrogen) atoms. The predicted octanol–water partition coefficient (Wildman–Crippen LogP) is 2.54. The summed E-state index contributed by atoms with van der Waals surface area (Å²) in [5.74, 6) is -5.57. The number of aliphatic carboxylic acids is 4. The molecule has 14 nitrogen and oxygen atoms in total. The molecule has 0 radical (unpaired) electrons. The zero-order valence-corrected chi connectivity index (χ0v) is 28.2. The summed E-state index contributed by atoms with van der Waals surface area (Å²) in [5, 5.41) is 59.8. The van der Waals surface area contributed by atoms with Crippen molar-refractivity contribution < 1.29 is 66.6 Å². The van der Waals surface area contributed by atoms with Crippen molar-refractivity contribution in [2.24, 2.45) is 10.8 Å². The maximum absolute atomic E-state index is 13.8. The van der Waals surface area contributed by atoms with Crippen molar-refractivity contribution in [1.29, 1.82) is 0 Å². The van der Waals surface area contributed by atoms with Gasteiger partial charge in [0.2, 0.25) is 0 Å². The fourth-order valence-electron chi connectivity index (χ4n) is 6.51. The van der Waals surface area contributed by atoms with Crippen LogP contribution in [0.15, 0.2) is 28.9 Å². The van der Waals surface area contributed by atoms with E-state index in [-0.39, 0.29) is 65.6 Å². The number of nitrogens with zero attached hydrogens (tertiary/aromatic N) is 4. The molecule has 258 valence electrons. The van der Waals surface area contributed by atoms with Gasteiger partial charge in [0.25, 0.3) is 0 Å². The van der Waals surface area contributed by atoms with Crippen LogP contribution in [0.25, 0.3) is 28.9 Å². The van der Waals surface area contributed by atoms with E-state index in [1.54, 1.807) is 26.0 Å². The van der Waals surface area contributed by atoms with Crippen LogP contribution in [0.4, 0.5) is 0 Å². The summed E-state index contributed by atoms with van der Waals surface area (Å²) in [6, 6.07) is -0.989. The number of hydrogen-bond acceptors (Lipinski definition) is 6. The third kappa shape index (κ3) is 6.81. The van der Waals surface area contributed by atoms with Crippen molar-refractivity contribution in [1.82, 2.24) is 9.97 Å². The standard InChI is InChI=1S/C34H36N4O10.Fe/c1-15-17(5-7-27(39)40)21-10-22-18(6-8-28(41)42)16(2)20(36-22)11-25-33(3,13-29(43)44)32(48)24(38-25)12-26-34(4,14-30(45)46)31(47)23(37-26)9-19(15)35-21;/h9-12,25H,5-8,13-14H2,1-4H3,(H7,35,36,39,40,41,42,43,44,45,46,47,48);/q-2;+4/p-2/b20-11-,26-12-;/t25?,33-,34-;/m1./s1. The van der Waals surface area contributed by atoms with E-state index in [2.05, 4.69) is 10.6 Å². The Morgan fingerprint density at radius 1 is 0.776 bits per heavy atom. The minimum Gasteiger partial charge on any atom is -0.675 e. The van der Waals surface area contributed by atoms with Gasteiger partial charge in [-0.25, -0.2) is 0 Å². The number of carbonyl (C=O) groups excluding carboxylic acids is 1. The number of Topliss-reactive ketones (excluding diaryl/α,β-unsaturated/α-hetero) is 1. The van der Waals surface area contributed by atoms with Gasteiger partial charge in [-0.2, -0.15) is 0 Å². The monoisotopic (exact) mass is 714 g/mol. The number of rotatable bonds is 10. The van der Waals surface area contributed by atoms with Gasteiger partial charge in [0.1, 0.15) is 5.78 Å². The number of fused-ring (bicyclic) bond motifs is 8. The third-order valence-electron chi connectivity index (χ3n) is 9.37. The van der Waals surface area contributed by atoms with Crippen molar-refractivity contribution in [2.45, 2.75) is 72.3 Å². The molecule has 0 amide bonds. The maximum atomic E-state index is 13.8. The zero-order chi connectivity index (χ0) is 35.3. The summed E-state index contributed by atoms with van der Waals surface area (Å²) in [5.41, 5.74) is -0.351. The summed E-state index contributed by atoms with van der Waals surface area (Å²) < 4.78 is 0. The van der Waals surface area contributed by atoms with Crippen molar-refractivity contribution in [3.05, 3.63) is 83.9 Å². The summed E-state index contributed by atoms with van der Waals surface area (Å²) in [6.45, 7) is 6.39. The number of aliphatic hydroxyl groups is 1. The van der Waals surface area contributed by atoms with E-state index in [4.69, 9.17) is 9.97 Å². The molecule has 1 unspecified atom stereocenters. The van der Waals surface area contributed by atoms with Crippen LogP contribution in [-0.2, 0) is 53.9 Å². The van der Waals surface area contributed by atoms with Gasteiger partial charge in [-0.1, -0.05) is 59.1 Å². The second-order valence-corrected chi connectivity index (χ2v) is 12.8. The summed E-state index contributed by atoms with van der Waals surface area (Å²) in [6.07, 6.45) is 4.48. The van der Waals surface area contributed by atoms with Gasteiger partial charge < -0.3 is 46.1 Å². The quantitative estimate of drug-likeness (QED) is 0.223. The molecule has 2 aromatic heterocycles. The van der Waals surface area contributed by atoms with Gasteiger partial charge in [-0.15, -0.1) is 39.6 Å². The number of aliphatic hydroxyl groups excluding tert-OH is 1. The Kier molecular flexibility index (Phi) is 10.1. The Morgan fingerprint density at radius 2 is 1.39 bits per heavy atom. The smallest absolute Gasteiger partial charge is 0.675 e. The van der Waals surface area contributed by atoms with Crippen molar-refractivity contribution in [3.8, 4) is 0 Å². The first-order valence-corrected chi connectivity index (χ1v) is 15.2. The van der Waals surface area contributed by atoms with Crippen molar-refractivity contribution in [3.63, 3.8) is 0 Å². The molecular formula is C34H34FeN4O10. The summed E-state index contributed by atoms with van der Waals surface area (Å²) in [4.78, 5) is 70.4. The summed E-state index contributed by atoms with van der Waals surface area (Å²) in [7, 11) is 0. The molecule has 3 aliphatic heterocycles. The van der Waals surface area contributed by atoms with Crippen LogP contribution in [-0.4, -0.2) is 61.2 Å². The van der Waals surface area contributed by atoms with Gasteiger partial charge in [0.15, 0.2) is 0 Å². The van der Waals surface area contributed by atoms with E-state index < -0.39 is 59.4 Å². The van der Waals surface area contributed by atoms with Crippen molar-refractivity contribution >= 4 is 47.9 Å². The first-order valence-electron chi connectivity index (χ1n) is 15.2. The molecule has 0 aromatic carbocycles. The van der Waals surface area contributed by atoms with E-state index >= 15 is 0 Å². The molecule has 0 saturated carbocycles. The minimum atomic E-state index is -1.67. The SMILES string of the molecule is Cc1c2[n-]c(c1CCC(=O)O)/C=c1\[n-]/c(c(C)c1CCC(=O)O)=C\C1[N-]C(=C(O)[C@]1(C)CC(=O)O)/C=C1\[N-]/C(=C\2)C(=O)[C@]1(C)CC(=O)O.[Fe+4]. The van der Waals surface area contributed by atoms with Gasteiger partial charge in [-0.3, -0.25) is 24.0 Å². The first-order chi connectivity index (χ1) is 22.4. The normalized spacial score (nSPS) is 26.0. The molecule has 5 heterocycles. The zero-order valence-electron chi connectivity index (χ0n) is 27.0. The topological polar surface area (TPSA) is 243 Å². The van der Waals surface area contributed by atoms with Gasteiger partial charge in [0.05, 0.1) is 18.6 Å². The number of carboxylic acids is 4. The Balaban J connectivity index is 0.00000541. The second kappa shape index (κ2) is 13.5. The van der Waals surface area contributed by atoms with Crippen LogP contribution in [0.1, 0.15) is 73.2 Å². The number of aromatic nitrogens is 2. The molecule has 8 bridgehead atoms. The van der Waals surface area contributed by atoms with E-state index in [1.807, 2.05) is 0 Å². The van der Waals surface area contributed by atoms with Crippen LogP contribution in [0.3, 0.4) is 0 Å². The van der Waals surface area contributed by atoms with Crippen LogP contribution >= 0.6 is 0 Å². The van der Waals surface area contributed by atoms with Gasteiger partial charge in [-0.05, 0) is 33.6 Å². The number of allylic oxidation sites excluding steroid dienone is 3. The Labute approximate surface area is 290 Å². The predicted molar refractivity (Wildman–Crippen MR) is 170 cm³/mol. The molecule has 0 aliphatic carbocycles. The number of carbonyl (C=O) groups is 5. The van der Waals surface area contributed by atoms with E-state index in [0.717, 1.165) is 0 Å². The van der Waals surface area contributed by atoms with Crippen LogP contribution in [0.2, 0.25) is 0 Å². The average Bonchev–Trinajstić information content (AvgIpc) is 3.58. The van der Waals surface area contributed by atoms with Gasteiger partial charge >= 0.3 is 40.9 Å². The van der Waals surface area contributed by atoms with Gasteiger partial charge in [0, 0.05) is 23.7 Å². The fraction of sp³-hybridized carbons (Fsp3) is 0.382. The van der Waals surface area contributed by atoms with E-state index in [1.165, 1.54) is 26.0 Å². The van der Waals surface area contributed by atoms with Crippen LogP contribution in [0.5, 0.6) is 0 Å². The third-order valence-corrected chi connectivity index (χ3v) is 9.37. The number of ketones is 1. The number of carboxylic acid groups (broad SMARTS) is 4. The fourth-order valence-corrected chi connectivity index (χ4v) is 6.51. The molecule has 1 fully saturated rings.